The van der Waals surface area contributed by atoms with Crippen LogP contribution in [0.3, 0.4) is 0 Å². The molecule has 17 nitrogen and oxygen atoms in total. The van der Waals surface area contributed by atoms with Crippen molar-refractivity contribution in [2.45, 2.75) is 31.0 Å². The first-order chi connectivity index (χ1) is 17.8. The van der Waals surface area contributed by atoms with Gasteiger partial charge >= 0.3 is 17.8 Å². The van der Waals surface area contributed by atoms with Gasteiger partial charge in [0.05, 0.1) is 13.0 Å². The van der Waals surface area contributed by atoms with E-state index in [2.05, 4.69) is 14.2 Å². The fraction of sp³-hybridized carbons (Fsp3) is 0.368. The van der Waals surface area contributed by atoms with Crippen LogP contribution in [-0.4, -0.2) is 62.9 Å². The van der Waals surface area contributed by atoms with Gasteiger partial charge in [0.2, 0.25) is 0 Å². The zero-order chi connectivity index (χ0) is 28.1. The number of ether oxygens (including phenoxy) is 2. The molecule has 208 valence electrons. The van der Waals surface area contributed by atoms with Gasteiger partial charge in [0.1, 0.15) is 19.8 Å². The topological polar surface area (TPSA) is 259 Å². The van der Waals surface area contributed by atoms with Gasteiger partial charge in [0.15, 0.2) is 12.3 Å². The monoisotopic (exact) mass is 577 g/mol. The molecule has 3 rings (SSSR count). The van der Waals surface area contributed by atoms with Crippen LogP contribution < -0.4 is 26.4 Å². The Balaban J connectivity index is 1.75. The number of carboxylic acid groups (broad SMARTS) is 1. The number of para-hydroxylation sites is 1. The van der Waals surface area contributed by atoms with Crippen molar-refractivity contribution in [3.8, 4) is 0 Å². The minimum Gasteiger partial charge on any atom is -0.778 e. The van der Waals surface area contributed by atoms with Gasteiger partial charge in [-0.15, -0.1) is 0 Å². The first-order valence-corrected chi connectivity index (χ1v) is 13.8. The maximum absolute atomic E-state index is 12.4. The molecule has 3 unspecified atom stereocenters. The van der Waals surface area contributed by atoms with E-state index in [9.17, 15) is 43.2 Å². The van der Waals surface area contributed by atoms with Gasteiger partial charge in [-0.1, -0.05) is 18.2 Å². The molecule has 2 heterocycles. The van der Waals surface area contributed by atoms with Crippen molar-refractivity contribution in [3.63, 3.8) is 0 Å². The summed E-state index contributed by atoms with van der Waals surface area (Å²) in [5.74, 6) is -1.51. The van der Waals surface area contributed by atoms with Crippen LogP contribution >= 0.6 is 15.4 Å². The lowest BCUT2D eigenvalue weighted by Crippen LogP contribution is -2.41. The van der Waals surface area contributed by atoms with Crippen LogP contribution in [0.1, 0.15) is 12.6 Å². The number of hydrogen-bond donors (Lipinski definition) is 4. The average Bonchev–Trinajstić information content (AvgIpc) is 3.11. The summed E-state index contributed by atoms with van der Waals surface area (Å²) in [5, 5.41) is 21.6. The number of aliphatic hydroxyl groups is 1. The number of carbonyl (C=O) groups excluding carboxylic acids is 1. The summed E-state index contributed by atoms with van der Waals surface area (Å²) in [6.45, 7) is -1.06. The fourth-order valence-electron chi connectivity index (χ4n) is 3.24. The van der Waals surface area contributed by atoms with Gasteiger partial charge < -0.3 is 38.6 Å². The summed E-state index contributed by atoms with van der Waals surface area (Å²) in [6, 6.07) is 8.91. The summed E-state index contributed by atoms with van der Waals surface area (Å²) >= 11 is 0. The molecule has 1 fully saturated rings. The number of phosphoric ester groups is 1. The minimum atomic E-state index is -5.60. The molecule has 0 aliphatic carbocycles. The highest BCUT2D eigenvalue weighted by Crippen LogP contribution is 2.55. The number of nitrogens with zero attached hydrogens (tertiary/aromatic N) is 1. The third-order valence-electron chi connectivity index (χ3n) is 4.92. The van der Waals surface area contributed by atoms with Gasteiger partial charge in [-0.25, -0.2) is 9.59 Å². The number of carboxylic acids is 1. The number of rotatable bonds is 11. The predicted molar refractivity (Wildman–Crippen MR) is 121 cm³/mol. The lowest BCUT2D eigenvalue weighted by atomic mass is 10.1. The number of phosphoric acid groups is 1. The van der Waals surface area contributed by atoms with Crippen molar-refractivity contribution in [2.24, 2.45) is 0 Å². The molecule has 0 radical (unpaired) electrons. The average molecular weight is 577 g/mol. The molecule has 4 N–H and O–H groups in total. The second-order valence-corrected chi connectivity index (χ2v) is 11.2. The number of benzene rings is 1. The van der Waals surface area contributed by atoms with Gasteiger partial charge in [0, 0.05) is 24.1 Å². The van der Waals surface area contributed by atoms with Crippen LogP contribution in [-0.2, 0) is 32.2 Å². The van der Waals surface area contributed by atoms with E-state index >= 15 is 0 Å². The number of anilines is 1. The number of aromatic amines is 1. The Morgan fingerprint density at radius 1 is 1.16 bits per heavy atom. The highest BCUT2D eigenvalue weighted by atomic mass is 31.3. The number of amides is 1. The van der Waals surface area contributed by atoms with Crippen LogP contribution in [0.4, 0.5) is 10.5 Å². The van der Waals surface area contributed by atoms with Gasteiger partial charge in [-0.3, -0.25) is 33.3 Å². The highest BCUT2D eigenvalue weighted by molar-refractivity contribution is 7.62. The summed E-state index contributed by atoms with van der Waals surface area (Å²) in [7, 11) is -10.8. The highest BCUT2D eigenvalue weighted by Gasteiger charge is 2.48. The quantitative estimate of drug-likeness (QED) is 0.232. The molecular weight excluding hydrogens is 556 g/mol. The van der Waals surface area contributed by atoms with Crippen molar-refractivity contribution < 1.29 is 57.0 Å². The van der Waals surface area contributed by atoms with E-state index in [-0.39, 0.29) is 0 Å². The maximum atomic E-state index is 12.4. The van der Waals surface area contributed by atoms with Gasteiger partial charge in [-0.2, -0.15) is 0 Å². The molecule has 1 amide bonds. The molecule has 1 aliphatic rings. The number of aromatic nitrogens is 2. The third kappa shape index (κ3) is 8.18. The lowest BCUT2D eigenvalue weighted by Gasteiger charge is -2.31. The fourth-order valence-corrected chi connectivity index (χ4v) is 5.77. The molecule has 1 aromatic heterocycles. The van der Waals surface area contributed by atoms with Crippen LogP contribution in [0, 0.1) is 0 Å². The Bertz CT molecular complexity index is 1360. The predicted octanol–water partition coefficient (Wildman–Crippen LogP) is -1.06. The normalized spacial score (nSPS) is 24.2. The summed E-state index contributed by atoms with van der Waals surface area (Å²) in [5.41, 5.74) is -1.46. The Morgan fingerprint density at radius 2 is 1.84 bits per heavy atom. The SMILES string of the molecule is O=C(O)CCP(=O)([O-])OP(=O)([O-])OC[C@H]1O[C@@H](n2ccc(=O)[nH]c2=O)C(OC(=O)Nc2ccccc2)[C@H]1O. The molecule has 1 aromatic carbocycles. The first kappa shape index (κ1) is 29.4. The van der Waals surface area contributed by atoms with E-state index in [4.69, 9.17) is 14.6 Å². The number of nitrogens with one attached hydrogen (secondary N) is 2. The van der Waals surface area contributed by atoms with Crippen molar-refractivity contribution >= 4 is 33.2 Å². The van der Waals surface area contributed by atoms with Crippen LogP contribution in [0.25, 0.3) is 0 Å². The van der Waals surface area contributed by atoms with Crippen LogP contribution in [0.2, 0.25) is 0 Å². The standard InChI is InChI=1S/C19H23N3O14P2/c23-13-6-8-22(18(27)21-13)17-16(35-19(28)20-11-4-2-1-3-5-11)15(26)12(34-17)10-33-38(31,32)36-37(29,30)9-7-14(24)25/h1-6,8,12,15-17,26H,7,9-10H2,(H,20,28)(H,24,25)(H,29,30)(H,31,32)(H,21,23,27)/p-2/t12-,15+,16?,17-/m1/s1. The third-order valence-corrected chi connectivity index (χ3v) is 7.95. The molecule has 1 aliphatic heterocycles. The van der Waals surface area contributed by atoms with E-state index in [0.717, 1.165) is 16.8 Å². The second kappa shape index (κ2) is 12.1. The maximum Gasteiger partial charge on any atom is 0.412 e. The van der Waals surface area contributed by atoms with Crippen LogP contribution in [0.15, 0.2) is 52.2 Å². The zero-order valence-electron chi connectivity index (χ0n) is 19.1. The summed E-state index contributed by atoms with van der Waals surface area (Å²) in [4.78, 5) is 72.3. The van der Waals surface area contributed by atoms with Gasteiger partial charge in [0.25, 0.3) is 13.4 Å². The smallest absolute Gasteiger partial charge is 0.412 e. The largest absolute Gasteiger partial charge is 0.778 e. The Labute approximate surface area is 212 Å². The number of H-pyrrole nitrogens is 1. The van der Waals surface area contributed by atoms with E-state index < -0.39 is 82.5 Å². The van der Waals surface area contributed by atoms with Crippen molar-refractivity contribution in [2.75, 3.05) is 18.1 Å². The molecule has 0 saturated carbocycles. The first-order valence-electron chi connectivity index (χ1n) is 10.6. The minimum absolute atomic E-state index is 0.318. The van der Waals surface area contributed by atoms with Crippen LogP contribution in [0.5, 0.6) is 0 Å². The molecule has 6 atom stereocenters. The Hall–Kier alpha value is -3.14. The lowest BCUT2D eigenvalue weighted by molar-refractivity contribution is -0.234. The van der Waals surface area contributed by atoms with E-state index in [1.54, 1.807) is 18.2 Å². The van der Waals surface area contributed by atoms with Gasteiger partial charge in [-0.05, 0) is 12.1 Å². The van der Waals surface area contributed by atoms with E-state index in [1.807, 2.05) is 4.98 Å². The van der Waals surface area contributed by atoms with Crippen molar-refractivity contribution in [1.82, 2.24) is 9.55 Å². The molecule has 1 saturated heterocycles. The van der Waals surface area contributed by atoms with Crippen molar-refractivity contribution in [1.29, 1.82) is 0 Å². The summed E-state index contributed by atoms with van der Waals surface area (Å²) < 4.78 is 43.6. The molecule has 0 spiro atoms. The van der Waals surface area contributed by atoms with E-state index in [1.165, 1.54) is 12.1 Å². The Morgan fingerprint density at radius 3 is 2.47 bits per heavy atom. The second-order valence-electron chi connectivity index (χ2n) is 7.74. The van der Waals surface area contributed by atoms with E-state index in [0.29, 0.717) is 5.69 Å². The number of hydrogen-bond acceptors (Lipinski definition) is 13. The molecule has 19 heteroatoms. The summed E-state index contributed by atoms with van der Waals surface area (Å²) in [6.07, 6.45) is -8.85. The van der Waals surface area contributed by atoms with Crippen molar-refractivity contribution in [3.05, 3.63) is 63.4 Å². The number of carbonyl (C=O) groups is 2. The number of aliphatic carboxylic acids is 1. The molecule has 2 aromatic rings. The molecule has 0 bridgehead atoms. The number of aliphatic hydroxyl groups excluding tert-OH is 1. The molecular formula is C19H21N3O14P2-2. The Kier molecular flexibility index (Phi) is 9.40. The molecule has 38 heavy (non-hydrogen) atoms. The zero-order valence-corrected chi connectivity index (χ0v) is 20.9.